The molecule has 60 valence electrons. The third-order valence-electron chi connectivity index (χ3n) is 0.951. The van der Waals surface area contributed by atoms with Crippen molar-refractivity contribution in [2.45, 2.75) is 26.6 Å². The van der Waals surface area contributed by atoms with Gasteiger partial charge < -0.3 is 4.74 Å². The van der Waals surface area contributed by atoms with E-state index < -0.39 is 6.36 Å². The fraction of sp³-hybridized carbons (Fsp3) is 0.667. The van der Waals surface area contributed by atoms with Crippen LogP contribution in [0.3, 0.4) is 0 Å². The minimum absolute atomic E-state index is 0.566. The minimum atomic E-state index is -4.55. The van der Waals surface area contributed by atoms with Gasteiger partial charge in [-0.1, -0.05) is 6.92 Å². The van der Waals surface area contributed by atoms with Gasteiger partial charge in [-0.2, -0.15) is 0 Å². The van der Waals surface area contributed by atoms with Gasteiger partial charge in [-0.05, 0) is 18.9 Å². The normalized spacial score (nSPS) is 13.5. The topological polar surface area (TPSA) is 9.23 Å². The van der Waals surface area contributed by atoms with Crippen molar-refractivity contribution in [2.75, 3.05) is 0 Å². The fourth-order valence-electron chi connectivity index (χ4n) is 0.251. The van der Waals surface area contributed by atoms with Gasteiger partial charge in [0.15, 0.2) is 0 Å². The Balaban J connectivity index is 3.73. The van der Waals surface area contributed by atoms with E-state index >= 15 is 0 Å². The lowest BCUT2D eigenvalue weighted by atomic mass is 10.3. The molecule has 0 atom stereocenters. The van der Waals surface area contributed by atoms with E-state index in [1.807, 2.05) is 0 Å². The van der Waals surface area contributed by atoms with Gasteiger partial charge >= 0.3 is 6.36 Å². The fourth-order valence-corrected chi connectivity index (χ4v) is 0.251. The zero-order chi connectivity index (χ0) is 8.20. The molecule has 0 aromatic heterocycles. The zero-order valence-corrected chi connectivity index (χ0v) is 5.83. The van der Waals surface area contributed by atoms with Gasteiger partial charge in [-0.3, -0.25) is 0 Å². The Morgan fingerprint density at radius 2 is 2.00 bits per heavy atom. The van der Waals surface area contributed by atoms with Crippen molar-refractivity contribution < 1.29 is 17.9 Å². The van der Waals surface area contributed by atoms with Gasteiger partial charge in [0.1, 0.15) is 0 Å². The van der Waals surface area contributed by atoms with E-state index in [0.717, 1.165) is 6.26 Å². The van der Waals surface area contributed by atoms with Crippen LogP contribution in [-0.2, 0) is 4.74 Å². The van der Waals surface area contributed by atoms with Gasteiger partial charge in [0.2, 0.25) is 0 Å². The maximum Gasteiger partial charge on any atom is 0.572 e. The highest BCUT2D eigenvalue weighted by atomic mass is 19.4. The highest BCUT2D eigenvalue weighted by molar-refractivity contribution is 4.91. The predicted octanol–water partition coefficient (Wildman–Crippen LogP) is 2.84. The van der Waals surface area contributed by atoms with Crippen LogP contribution in [0.2, 0.25) is 0 Å². The van der Waals surface area contributed by atoms with Crippen LogP contribution in [0.25, 0.3) is 0 Å². The first-order valence-electron chi connectivity index (χ1n) is 2.86. The molecule has 0 N–H and O–H groups in total. The molecule has 0 fully saturated rings. The van der Waals surface area contributed by atoms with Gasteiger partial charge in [-0.25, -0.2) is 0 Å². The van der Waals surface area contributed by atoms with Crippen molar-refractivity contribution in [1.82, 2.24) is 0 Å². The Kier molecular flexibility index (Phi) is 3.25. The maximum atomic E-state index is 11.3. The van der Waals surface area contributed by atoms with Crippen LogP contribution in [-0.4, -0.2) is 6.36 Å². The standard InChI is InChI=1S/C6H9F3O/c1-3-5(2)4-10-6(7,8)9/h4H,3H2,1-2H3/b5-4+. The van der Waals surface area contributed by atoms with Crippen molar-refractivity contribution in [3.63, 3.8) is 0 Å². The van der Waals surface area contributed by atoms with Gasteiger partial charge in [-0.15, -0.1) is 13.2 Å². The van der Waals surface area contributed by atoms with E-state index in [1.165, 1.54) is 0 Å². The molecule has 0 saturated heterocycles. The summed E-state index contributed by atoms with van der Waals surface area (Å²) in [7, 11) is 0. The Hall–Kier alpha value is -0.670. The van der Waals surface area contributed by atoms with Crippen LogP contribution >= 0.6 is 0 Å². The maximum absolute atomic E-state index is 11.3. The molecule has 10 heavy (non-hydrogen) atoms. The molecular formula is C6H9F3O. The van der Waals surface area contributed by atoms with E-state index in [2.05, 4.69) is 4.74 Å². The summed E-state index contributed by atoms with van der Waals surface area (Å²) in [6.07, 6.45) is -3.26. The first-order valence-corrected chi connectivity index (χ1v) is 2.86. The number of alkyl halides is 3. The molecular weight excluding hydrogens is 145 g/mol. The van der Waals surface area contributed by atoms with Crippen molar-refractivity contribution >= 4 is 0 Å². The van der Waals surface area contributed by atoms with Gasteiger partial charge in [0.25, 0.3) is 0 Å². The van der Waals surface area contributed by atoms with E-state index in [0.29, 0.717) is 12.0 Å². The molecule has 0 bridgehead atoms. The van der Waals surface area contributed by atoms with E-state index in [4.69, 9.17) is 0 Å². The summed E-state index contributed by atoms with van der Waals surface area (Å²) >= 11 is 0. The van der Waals surface area contributed by atoms with E-state index in [9.17, 15) is 13.2 Å². The molecule has 0 aromatic rings. The van der Waals surface area contributed by atoms with Crippen molar-refractivity contribution in [3.05, 3.63) is 11.8 Å². The van der Waals surface area contributed by atoms with Gasteiger partial charge in [0.05, 0.1) is 6.26 Å². The average Bonchev–Trinajstić information content (AvgIpc) is 1.81. The van der Waals surface area contributed by atoms with Crippen molar-refractivity contribution in [1.29, 1.82) is 0 Å². The lowest BCUT2D eigenvalue weighted by Gasteiger charge is -2.04. The zero-order valence-electron chi connectivity index (χ0n) is 5.83. The summed E-state index contributed by atoms with van der Waals surface area (Å²) in [5.41, 5.74) is 0.567. The molecule has 0 aliphatic carbocycles. The van der Waals surface area contributed by atoms with Crippen LogP contribution in [0.15, 0.2) is 11.8 Å². The summed E-state index contributed by atoms with van der Waals surface area (Å²) < 4.78 is 37.3. The molecule has 0 aliphatic rings. The molecule has 0 saturated carbocycles. The first-order chi connectivity index (χ1) is 4.45. The van der Waals surface area contributed by atoms with Crippen LogP contribution in [0.1, 0.15) is 20.3 Å². The summed E-state index contributed by atoms with van der Waals surface area (Å²) in [6.45, 7) is 3.33. The average molecular weight is 154 g/mol. The predicted molar refractivity (Wildman–Crippen MR) is 31.2 cm³/mol. The first kappa shape index (κ1) is 9.33. The van der Waals surface area contributed by atoms with Crippen molar-refractivity contribution in [2.24, 2.45) is 0 Å². The number of allylic oxidation sites excluding steroid dienone is 1. The number of halogens is 3. The minimum Gasteiger partial charge on any atom is -0.414 e. The van der Waals surface area contributed by atoms with Crippen LogP contribution < -0.4 is 0 Å². The molecule has 0 heterocycles. The Morgan fingerprint density at radius 1 is 1.50 bits per heavy atom. The largest absolute Gasteiger partial charge is 0.572 e. The summed E-state index contributed by atoms with van der Waals surface area (Å²) in [4.78, 5) is 0. The smallest absolute Gasteiger partial charge is 0.414 e. The molecule has 0 aromatic carbocycles. The lowest BCUT2D eigenvalue weighted by Crippen LogP contribution is -2.08. The second kappa shape index (κ2) is 3.49. The van der Waals surface area contributed by atoms with Crippen LogP contribution in [0.4, 0.5) is 13.2 Å². The lowest BCUT2D eigenvalue weighted by molar-refractivity contribution is -0.298. The molecule has 0 radical (unpaired) electrons. The summed E-state index contributed by atoms with van der Waals surface area (Å²) in [5, 5.41) is 0. The highest BCUT2D eigenvalue weighted by Crippen LogP contribution is 2.17. The Morgan fingerprint density at radius 3 is 2.30 bits per heavy atom. The molecule has 0 amide bonds. The molecule has 0 spiro atoms. The third kappa shape index (κ3) is 5.47. The monoisotopic (exact) mass is 154 g/mol. The SMILES string of the molecule is CC/C(C)=C/OC(F)(F)F. The van der Waals surface area contributed by atoms with E-state index in [-0.39, 0.29) is 0 Å². The molecule has 0 aliphatic heterocycles. The summed E-state index contributed by atoms with van der Waals surface area (Å²) in [5.74, 6) is 0. The number of rotatable bonds is 2. The number of hydrogen-bond donors (Lipinski definition) is 0. The van der Waals surface area contributed by atoms with E-state index in [1.54, 1.807) is 13.8 Å². The Labute approximate surface area is 57.5 Å². The van der Waals surface area contributed by atoms with Crippen LogP contribution in [0, 0.1) is 0 Å². The molecule has 0 unspecified atom stereocenters. The third-order valence-corrected chi connectivity index (χ3v) is 0.951. The second-order valence-corrected chi connectivity index (χ2v) is 1.88. The quantitative estimate of drug-likeness (QED) is 0.555. The number of ether oxygens (including phenoxy) is 1. The Bertz CT molecular complexity index is 125. The summed E-state index contributed by atoms with van der Waals surface area (Å²) in [6, 6.07) is 0. The second-order valence-electron chi connectivity index (χ2n) is 1.88. The highest BCUT2D eigenvalue weighted by Gasteiger charge is 2.28. The molecule has 1 nitrogen and oxygen atoms in total. The number of hydrogen-bond acceptors (Lipinski definition) is 1. The van der Waals surface area contributed by atoms with Crippen molar-refractivity contribution in [3.8, 4) is 0 Å². The molecule has 4 heteroatoms. The molecule has 0 rings (SSSR count). The van der Waals surface area contributed by atoms with Crippen LogP contribution in [0.5, 0.6) is 0 Å². The van der Waals surface area contributed by atoms with Gasteiger partial charge in [0, 0.05) is 0 Å².